The third-order valence-electron chi connectivity index (χ3n) is 10.6. The molecule has 2 N–H and O–H groups in total. The second kappa shape index (κ2) is 9.03. The summed E-state index contributed by atoms with van der Waals surface area (Å²) in [5, 5.41) is 23.3. The third kappa shape index (κ3) is 3.46. The lowest BCUT2D eigenvalue weighted by Gasteiger charge is -2.63. The van der Waals surface area contributed by atoms with E-state index in [-0.39, 0.29) is 24.3 Å². The van der Waals surface area contributed by atoms with Crippen molar-refractivity contribution in [3.63, 3.8) is 0 Å². The van der Waals surface area contributed by atoms with Crippen LogP contribution in [0.3, 0.4) is 0 Å². The Labute approximate surface area is 226 Å². The van der Waals surface area contributed by atoms with Gasteiger partial charge in [0.05, 0.1) is 12.6 Å². The Bertz CT molecular complexity index is 1240. The van der Waals surface area contributed by atoms with Crippen molar-refractivity contribution >= 4 is 11.6 Å². The van der Waals surface area contributed by atoms with E-state index in [0.29, 0.717) is 31.9 Å². The van der Waals surface area contributed by atoms with Gasteiger partial charge in [0.1, 0.15) is 25.1 Å². The summed E-state index contributed by atoms with van der Waals surface area (Å²) in [5.41, 5.74) is -6.16. The van der Waals surface area contributed by atoms with Gasteiger partial charge in [0.15, 0.2) is 22.8 Å². The van der Waals surface area contributed by atoms with E-state index in [1.54, 1.807) is 12.0 Å². The molecule has 210 valence electrons. The average molecular weight is 544 g/mol. The van der Waals surface area contributed by atoms with E-state index < -0.39 is 64.4 Å². The van der Waals surface area contributed by atoms with Gasteiger partial charge in [-0.15, -0.1) is 0 Å². The highest BCUT2D eigenvalue weighted by Crippen LogP contribution is 2.72. The molecule has 39 heavy (non-hydrogen) atoms. The molecule has 9 heteroatoms. The molecule has 4 fully saturated rings. The zero-order valence-electron chi connectivity index (χ0n) is 22.2. The number of alkyl halides is 2. The first-order valence-corrected chi connectivity index (χ1v) is 13.7. The van der Waals surface area contributed by atoms with E-state index in [4.69, 9.17) is 9.57 Å². The molecule has 0 amide bonds. The summed E-state index contributed by atoms with van der Waals surface area (Å²) in [4.78, 5) is 32.0. The number of aliphatic hydroxyl groups is 2. The summed E-state index contributed by atoms with van der Waals surface area (Å²) in [6, 6.07) is 9.32. The number of fused-ring (bicyclic) bond motifs is 7. The molecule has 7 nitrogen and oxygen atoms in total. The maximum atomic E-state index is 17.4. The van der Waals surface area contributed by atoms with Crippen LogP contribution in [0.4, 0.5) is 8.78 Å². The fourth-order valence-electron chi connectivity index (χ4n) is 8.86. The molecule has 1 aromatic rings. The highest BCUT2D eigenvalue weighted by Gasteiger charge is 2.79. The number of allylic oxidation sites excluding steroid dienone is 4. The van der Waals surface area contributed by atoms with Gasteiger partial charge < -0.3 is 14.9 Å². The first-order valence-electron chi connectivity index (χ1n) is 13.7. The quantitative estimate of drug-likeness (QED) is 0.569. The van der Waals surface area contributed by atoms with Gasteiger partial charge >= 0.3 is 0 Å². The number of hydroxylamine groups is 2. The van der Waals surface area contributed by atoms with Crippen molar-refractivity contribution in [2.24, 2.45) is 28.6 Å². The molecule has 5 aliphatic rings. The topological polar surface area (TPSA) is 96.3 Å². The summed E-state index contributed by atoms with van der Waals surface area (Å²) in [5.74, 6) is -1.95. The molecule has 0 unspecified atom stereocenters. The average Bonchev–Trinajstić information content (AvgIpc) is 3.39. The minimum Gasteiger partial charge on any atom is -0.492 e. The molecule has 6 rings (SSSR count). The number of benzene rings is 1. The van der Waals surface area contributed by atoms with Gasteiger partial charge in [-0.25, -0.2) is 8.78 Å². The van der Waals surface area contributed by atoms with E-state index in [9.17, 15) is 19.8 Å². The predicted octanol–water partition coefficient (Wildman–Crippen LogP) is 3.16. The summed E-state index contributed by atoms with van der Waals surface area (Å²) < 4.78 is 38.9. The number of ether oxygens (including phenoxy) is 1. The first kappa shape index (κ1) is 26.7. The molecular weight excluding hydrogens is 508 g/mol. The van der Waals surface area contributed by atoms with E-state index in [1.807, 2.05) is 37.3 Å². The van der Waals surface area contributed by atoms with Gasteiger partial charge in [-0.3, -0.25) is 14.4 Å². The third-order valence-corrected chi connectivity index (χ3v) is 10.6. The van der Waals surface area contributed by atoms with Crippen molar-refractivity contribution < 1.29 is 38.2 Å². The summed E-state index contributed by atoms with van der Waals surface area (Å²) in [6.07, 6.45) is 0.842. The molecule has 0 spiro atoms. The SMILES string of the molecule is C[C@]12C=CC(=O)C=C1[C@@H](F)C[C@H]1[C@@H]3C[C@H]4CN(CCOc5ccccc5)O[C@@]4(C(=O)CO)[C@@]3(C)C[C@H](O)[C@@]12F. The minimum absolute atomic E-state index is 0.0663. The standard InChI is InChI=1S/C30H35F2NO6/c1-27-9-8-19(35)13-23(27)24(31)14-22-21-12-18-16-33(10-11-38-20-6-4-3-5-7-20)39-30(18,26(37)17-34)28(21,2)15-25(36)29(22,27)32/h3-9,13,18,21-22,24-25,34,36H,10-12,14-17H2,1-2H3/t18-,21-,22-,24-,25-,27-,28-,29-,30-/m0/s1. The zero-order valence-corrected chi connectivity index (χ0v) is 22.2. The number of hydrogen-bond acceptors (Lipinski definition) is 7. The summed E-state index contributed by atoms with van der Waals surface area (Å²) in [6.45, 7) is 3.66. The van der Waals surface area contributed by atoms with Crippen LogP contribution in [-0.4, -0.2) is 76.7 Å². The number of Topliss-reactive ketones (excluding diaryl/α,β-unsaturated/α-hetero) is 1. The van der Waals surface area contributed by atoms with Crippen molar-refractivity contribution in [1.29, 1.82) is 0 Å². The smallest absolute Gasteiger partial charge is 0.192 e. The number of ketones is 2. The van der Waals surface area contributed by atoms with Gasteiger partial charge in [-0.05, 0) is 62.0 Å². The fraction of sp³-hybridized carbons (Fsp3) is 0.600. The Morgan fingerprint density at radius 2 is 1.95 bits per heavy atom. The fourth-order valence-corrected chi connectivity index (χ4v) is 8.86. The van der Waals surface area contributed by atoms with Crippen LogP contribution in [0.5, 0.6) is 5.75 Å². The lowest BCUT2D eigenvalue weighted by atomic mass is 9.44. The lowest BCUT2D eigenvalue weighted by Crippen LogP contribution is -2.70. The number of rotatable bonds is 6. The lowest BCUT2D eigenvalue weighted by molar-refractivity contribution is -0.267. The first-order chi connectivity index (χ1) is 18.5. The molecule has 3 saturated carbocycles. The van der Waals surface area contributed by atoms with E-state index >= 15 is 8.78 Å². The number of para-hydroxylation sites is 1. The van der Waals surface area contributed by atoms with Gasteiger partial charge in [-0.2, -0.15) is 5.06 Å². The Kier molecular flexibility index (Phi) is 6.19. The molecule has 0 radical (unpaired) electrons. The molecule has 4 aliphatic carbocycles. The van der Waals surface area contributed by atoms with Crippen LogP contribution in [0.15, 0.2) is 54.1 Å². The van der Waals surface area contributed by atoms with Gasteiger partial charge in [0.25, 0.3) is 0 Å². The molecular formula is C30H35F2NO6. The molecule has 9 atom stereocenters. The van der Waals surface area contributed by atoms with Crippen LogP contribution < -0.4 is 4.74 Å². The van der Waals surface area contributed by atoms with Crippen molar-refractivity contribution in [2.45, 2.75) is 56.7 Å². The summed E-state index contributed by atoms with van der Waals surface area (Å²) >= 11 is 0. The summed E-state index contributed by atoms with van der Waals surface area (Å²) in [7, 11) is 0. The second-order valence-electron chi connectivity index (χ2n) is 12.2. The van der Waals surface area contributed by atoms with E-state index in [2.05, 4.69) is 0 Å². The highest BCUT2D eigenvalue weighted by molar-refractivity contribution is 6.01. The number of halogens is 2. The number of hydrogen-bond donors (Lipinski definition) is 2. The van der Waals surface area contributed by atoms with Gasteiger partial charge in [-0.1, -0.05) is 31.2 Å². The number of aliphatic hydroxyl groups excluding tert-OH is 2. The van der Waals surface area contributed by atoms with E-state index in [0.717, 1.165) is 0 Å². The highest BCUT2D eigenvalue weighted by atomic mass is 19.1. The largest absolute Gasteiger partial charge is 0.492 e. The molecule has 0 bridgehead atoms. The second-order valence-corrected chi connectivity index (χ2v) is 12.2. The van der Waals surface area contributed by atoms with Crippen LogP contribution in [0, 0.1) is 28.6 Å². The number of carbonyl (C=O) groups excluding carboxylic acids is 2. The van der Waals surface area contributed by atoms with Crippen LogP contribution in [0.1, 0.15) is 33.1 Å². The monoisotopic (exact) mass is 543 g/mol. The molecule has 1 heterocycles. The van der Waals surface area contributed by atoms with Crippen molar-refractivity contribution in [2.75, 3.05) is 26.3 Å². The maximum Gasteiger partial charge on any atom is 0.192 e. The molecule has 1 aliphatic heterocycles. The van der Waals surface area contributed by atoms with Crippen molar-refractivity contribution in [3.8, 4) is 5.75 Å². The Morgan fingerprint density at radius 1 is 1.21 bits per heavy atom. The Morgan fingerprint density at radius 3 is 2.67 bits per heavy atom. The number of nitrogens with zero attached hydrogens (tertiary/aromatic N) is 1. The van der Waals surface area contributed by atoms with Crippen molar-refractivity contribution in [1.82, 2.24) is 5.06 Å². The van der Waals surface area contributed by atoms with Crippen LogP contribution in [0.2, 0.25) is 0 Å². The van der Waals surface area contributed by atoms with E-state index in [1.165, 1.54) is 18.2 Å². The normalized spacial score (nSPS) is 44.7. The molecule has 1 aromatic carbocycles. The Hall–Kier alpha value is -2.46. The minimum atomic E-state index is -2.23. The van der Waals surface area contributed by atoms with Crippen LogP contribution in [0.25, 0.3) is 0 Å². The Balaban J connectivity index is 1.32. The predicted molar refractivity (Wildman–Crippen MR) is 137 cm³/mol. The molecule has 1 saturated heterocycles. The zero-order chi connectivity index (χ0) is 27.8. The van der Waals surface area contributed by atoms with Crippen LogP contribution in [-0.2, 0) is 14.4 Å². The maximum absolute atomic E-state index is 17.4. The van der Waals surface area contributed by atoms with Gasteiger partial charge in [0, 0.05) is 29.2 Å². The number of carbonyl (C=O) groups is 2. The molecule has 0 aromatic heterocycles. The van der Waals surface area contributed by atoms with Crippen LogP contribution >= 0.6 is 0 Å². The van der Waals surface area contributed by atoms with Crippen molar-refractivity contribution in [3.05, 3.63) is 54.1 Å². The van der Waals surface area contributed by atoms with Gasteiger partial charge in [0.2, 0.25) is 0 Å².